The first kappa shape index (κ1) is 86.0. The van der Waals surface area contributed by atoms with Crippen LogP contribution in [-0.2, 0) is 23.7 Å². The molecule has 2 saturated heterocycles. The molecule has 14 nitrogen and oxygen atoms in total. The number of aliphatic hydroxyl groups excluding tert-OH is 8. The normalized spacial score (nSPS) is 22.9. The number of aliphatic hydroxyl groups is 8. The number of rotatable bonds is 65. The van der Waals surface area contributed by atoms with E-state index in [9.17, 15) is 45.6 Å². The molecule has 2 aliphatic rings. The highest BCUT2D eigenvalue weighted by molar-refractivity contribution is 5.76. The van der Waals surface area contributed by atoms with Crippen molar-refractivity contribution >= 4 is 5.91 Å². The summed E-state index contributed by atoms with van der Waals surface area (Å²) in [4.78, 5) is 13.4. The van der Waals surface area contributed by atoms with Gasteiger partial charge in [-0.1, -0.05) is 339 Å². The lowest BCUT2D eigenvalue weighted by Crippen LogP contribution is -2.65. The average molecular weight is 1310 g/mol. The van der Waals surface area contributed by atoms with Crippen LogP contribution < -0.4 is 5.32 Å². The van der Waals surface area contributed by atoms with Gasteiger partial charge in [-0.3, -0.25) is 4.79 Å². The summed E-state index contributed by atoms with van der Waals surface area (Å²) in [5.74, 6) is -0.203. The Kier molecular flexibility index (Phi) is 58.4. The number of hydrogen-bond acceptors (Lipinski definition) is 13. The lowest BCUT2D eigenvalue weighted by molar-refractivity contribution is -0.359. The maximum atomic E-state index is 13.4. The second kappa shape index (κ2) is 62.5. The topological polar surface area (TPSA) is 228 Å². The lowest BCUT2D eigenvalue weighted by atomic mass is 9.97. The molecule has 0 saturated carbocycles. The fourth-order valence-corrected chi connectivity index (χ4v) is 12.9. The molecule has 9 N–H and O–H groups in total. The second-order valence-corrected chi connectivity index (χ2v) is 27.5. The van der Waals surface area contributed by atoms with Crippen molar-refractivity contribution in [1.82, 2.24) is 5.32 Å². The maximum absolute atomic E-state index is 13.4. The molecule has 1 amide bonds. The molecule has 2 fully saturated rings. The standard InChI is InChI=1S/C78H145NO13/c1-3-5-7-9-11-13-15-17-19-21-23-25-27-29-31-32-33-34-36-37-39-41-43-45-47-49-51-53-55-57-59-61-67(82)66(65-89-77-75(88)73(86)76(69(64-81)91-77)92-78-74(87)72(85)71(84)68(63-80)90-78)79-70(83)62-60-58-56-54-52-50-48-46-44-42-40-38-35-30-28-26-24-22-20-18-16-14-12-10-8-6-4-2/h6,8,12,14,18,20,24,26,66-69,71-78,80-82,84-88H,3-5,7,9-11,13,15-17,19,21-23,25,27-65H2,1-2H3,(H,79,83)/b8-6-,14-12-,20-18-,26-24-. The van der Waals surface area contributed by atoms with Crippen LogP contribution in [0.2, 0.25) is 0 Å². The van der Waals surface area contributed by atoms with Gasteiger partial charge in [0, 0.05) is 6.42 Å². The van der Waals surface area contributed by atoms with Crippen LogP contribution in [0.5, 0.6) is 0 Å². The summed E-state index contributed by atoms with van der Waals surface area (Å²) < 4.78 is 23.0. The van der Waals surface area contributed by atoms with E-state index in [1.807, 2.05) is 0 Å². The minimum Gasteiger partial charge on any atom is -0.394 e. The van der Waals surface area contributed by atoms with Gasteiger partial charge in [-0.25, -0.2) is 0 Å². The fourth-order valence-electron chi connectivity index (χ4n) is 12.9. The Hall–Kier alpha value is -2.05. The first-order valence-corrected chi connectivity index (χ1v) is 38.9. The molecule has 0 spiro atoms. The third-order valence-electron chi connectivity index (χ3n) is 19.1. The number of ether oxygens (including phenoxy) is 4. The highest BCUT2D eigenvalue weighted by atomic mass is 16.7. The van der Waals surface area contributed by atoms with Crippen molar-refractivity contribution in [3.05, 3.63) is 48.6 Å². The maximum Gasteiger partial charge on any atom is 0.220 e. The summed E-state index contributed by atoms with van der Waals surface area (Å²) in [7, 11) is 0. The Morgan fingerprint density at radius 3 is 1.15 bits per heavy atom. The zero-order valence-corrected chi connectivity index (χ0v) is 59.1. The number of hydrogen-bond donors (Lipinski definition) is 9. The van der Waals surface area contributed by atoms with E-state index in [0.29, 0.717) is 12.8 Å². The highest BCUT2D eigenvalue weighted by Gasteiger charge is 2.51. The lowest BCUT2D eigenvalue weighted by Gasteiger charge is -2.46. The van der Waals surface area contributed by atoms with Crippen molar-refractivity contribution in [2.45, 2.75) is 421 Å². The molecule has 0 aromatic carbocycles. The largest absolute Gasteiger partial charge is 0.394 e. The fraction of sp³-hybridized carbons (Fsp3) is 0.885. The summed E-state index contributed by atoms with van der Waals surface area (Å²) in [6, 6.07) is -0.832. The molecule has 0 radical (unpaired) electrons. The van der Waals surface area contributed by atoms with Crippen LogP contribution in [0, 0.1) is 0 Å². The molecule has 0 aliphatic carbocycles. The monoisotopic (exact) mass is 1300 g/mol. The minimum absolute atomic E-state index is 0.203. The van der Waals surface area contributed by atoms with Gasteiger partial charge in [-0.15, -0.1) is 0 Å². The molecule has 12 unspecified atom stereocenters. The molecule has 92 heavy (non-hydrogen) atoms. The van der Waals surface area contributed by atoms with E-state index in [2.05, 4.69) is 67.8 Å². The molecule has 2 heterocycles. The molecule has 14 heteroatoms. The predicted octanol–water partition coefficient (Wildman–Crippen LogP) is 17.0. The quantitative estimate of drug-likeness (QED) is 0.0204. The van der Waals surface area contributed by atoms with Gasteiger partial charge >= 0.3 is 0 Å². The van der Waals surface area contributed by atoms with Crippen molar-refractivity contribution in [2.75, 3.05) is 19.8 Å². The van der Waals surface area contributed by atoms with Gasteiger partial charge in [-0.05, 0) is 51.4 Å². The van der Waals surface area contributed by atoms with Crippen LogP contribution in [0.4, 0.5) is 0 Å². The van der Waals surface area contributed by atoms with Crippen molar-refractivity contribution < 1.29 is 64.6 Å². The zero-order chi connectivity index (χ0) is 66.6. The van der Waals surface area contributed by atoms with Gasteiger partial charge in [0.1, 0.15) is 48.8 Å². The van der Waals surface area contributed by atoms with Crippen LogP contribution in [0.3, 0.4) is 0 Å². The summed E-state index contributed by atoms with van der Waals surface area (Å²) in [6.45, 7) is 2.81. The van der Waals surface area contributed by atoms with E-state index in [4.69, 9.17) is 18.9 Å². The van der Waals surface area contributed by atoms with Gasteiger partial charge < -0.3 is 65.1 Å². The molecule has 2 rings (SSSR count). The molecule has 540 valence electrons. The van der Waals surface area contributed by atoms with Crippen LogP contribution in [-0.4, -0.2) is 140 Å². The van der Waals surface area contributed by atoms with E-state index in [1.54, 1.807) is 0 Å². The van der Waals surface area contributed by atoms with E-state index in [-0.39, 0.29) is 12.5 Å². The molecule has 0 aromatic rings. The molecular weight excluding hydrogens is 1160 g/mol. The molecule has 12 atom stereocenters. The van der Waals surface area contributed by atoms with Crippen molar-refractivity contribution in [1.29, 1.82) is 0 Å². The number of amides is 1. The van der Waals surface area contributed by atoms with E-state index in [1.165, 1.54) is 244 Å². The van der Waals surface area contributed by atoms with Crippen molar-refractivity contribution in [3.8, 4) is 0 Å². The smallest absolute Gasteiger partial charge is 0.220 e. The number of nitrogens with one attached hydrogen (secondary N) is 1. The first-order chi connectivity index (χ1) is 45.1. The minimum atomic E-state index is -1.78. The van der Waals surface area contributed by atoms with Crippen LogP contribution in [0.1, 0.15) is 348 Å². The SMILES string of the molecule is CC/C=C\C/C=C\C/C=C\C/C=C\CCCCCCCCCCCCCCCCC(=O)NC(COC1OC(CO)C(OC2OC(CO)C(O)C(O)C2O)C(O)C1O)C(O)CCCCCCCCCCCCCCCCCCCCCCCCCCCCCCCCC. The Morgan fingerprint density at radius 1 is 0.402 bits per heavy atom. The second-order valence-electron chi connectivity index (χ2n) is 27.5. The van der Waals surface area contributed by atoms with Gasteiger partial charge in [0.2, 0.25) is 5.91 Å². The Balaban J connectivity index is 1.62. The third-order valence-corrected chi connectivity index (χ3v) is 19.1. The van der Waals surface area contributed by atoms with E-state index in [0.717, 1.165) is 77.0 Å². The molecule has 0 bridgehead atoms. The number of unbranched alkanes of at least 4 members (excludes halogenated alkanes) is 44. The Labute approximate surface area is 563 Å². The first-order valence-electron chi connectivity index (χ1n) is 38.9. The zero-order valence-electron chi connectivity index (χ0n) is 59.1. The van der Waals surface area contributed by atoms with Crippen LogP contribution >= 0.6 is 0 Å². The van der Waals surface area contributed by atoms with E-state index >= 15 is 0 Å². The third kappa shape index (κ3) is 45.5. The highest BCUT2D eigenvalue weighted by Crippen LogP contribution is 2.30. The average Bonchev–Trinajstić information content (AvgIpc) is 0.882. The summed E-state index contributed by atoms with van der Waals surface area (Å²) in [6.07, 6.45) is 65.7. The van der Waals surface area contributed by atoms with Crippen molar-refractivity contribution in [2.24, 2.45) is 0 Å². The number of carbonyl (C=O) groups is 1. The molecule has 2 aliphatic heterocycles. The van der Waals surface area contributed by atoms with Crippen LogP contribution in [0.15, 0.2) is 48.6 Å². The summed E-state index contributed by atoms with van der Waals surface area (Å²) >= 11 is 0. The molecular formula is C78H145NO13. The number of allylic oxidation sites excluding steroid dienone is 8. The summed E-state index contributed by atoms with van der Waals surface area (Å²) in [5, 5.41) is 87.8. The molecule has 0 aromatic heterocycles. The van der Waals surface area contributed by atoms with Crippen molar-refractivity contribution in [3.63, 3.8) is 0 Å². The number of carbonyl (C=O) groups excluding carboxylic acids is 1. The van der Waals surface area contributed by atoms with Gasteiger partial charge in [0.05, 0.1) is 32.0 Å². The Morgan fingerprint density at radius 2 is 0.750 bits per heavy atom. The Bertz CT molecular complexity index is 1730. The predicted molar refractivity (Wildman–Crippen MR) is 378 cm³/mol. The van der Waals surface area contributed by atoms with Gasteiger partial charge in [0.25, 0.3) is 0 Å². The summed E-state index contributed by atoms with van der Waals surface area (Å²) in [5.41, 5.74) is 0. The van der Waals surface area contributed by atoms with Gasteiger partial charge in [-0.2, -0.15) is 0 Å². The van der Waals surface area contributed by atoms with Gasteiger partial charge in [0.15, 0.2) is 12.6 Å². The van der Waals surface area contributed by atoms with Crippen LogP contribution in [0.25, 0.3) is 0 Å². The van der Waals surface area contributed by atoms with E-state index < -0.39 is 86.8 Å².